The van der Waals surface area contributed by atoms with Crippen molar-refractivity contribution in [2.24, 2.45) is 0 Å². The summed E-state index contributed by atoms with van der Waals surface area (Å²) in [4.78, 5) is 8.17. The van der Waals surface area contributed by atoms with Crippen LogP contribution in [-0.2, 0) is 46.0 Å². The summed E-state index contributed by atoms with van der Waals surface area (Å²) in [5, 5.41) is -1.38. The molecule has 0 amide bonds. The number of hydrogen-bond donors (Lipinski definition) is 0. The van der Waals surface area contributed by atoms with Gasteiger partial charge in [0.05, 0.1) is 21.8 Å². The van der Waals surface area contributed by atoms with Crippen molar-refractivity contribution in [1.82, 2.24) is 0 Å². The van der Waals surface area contributed by atoms with Crippen LogP contribution in [0.5, 0.6) is 0 Å². The minimum Gasteiger partial charge on any atom is -0.743 e. The van der Waals surface area contributed by atoms with Crippen LogP contribution in [0, 0.1) is 0 Å². The highest BCUT2D eigenvalue weighted by Gasteiger charge is 2.72. The third-order valence-electron chi connectivity index (χ3n) is 7.29. The van der Waals surface area contributed by atoms with Crippen LogP contribution in [0.4, 0.5) is 35.1 Å². The predicted molar refractivity (Wildman–Crippen MR) is 203 cm³/mol. The standard InChI is InChI=1S/2C18H15S.C4H2F8O7S2/c2*1-4-10-16(11-5-1)19(17-12-6-2-7-13-17)18-14-8-3-9-15-18;5-1(6,3(9,10)20-19-18-13)17-2(7,8)4(11,12)21(14,15)16/h2*1-15H;13H,(H,14,15,16)/q2*+1;/p-2. The Kier molecular flexibility index (Phi) is 17.0. The summed E-state index contributed by atoms with van der Waals surface area (Å²) in [5.74, 6) is 0. The average molecular weight is 903 g/mol. The molecule has 0 spiro atoms. The second-order valence-corrected chi connectivity index (χ2v) is 17.6. The van der Waals surface area contributed by atoms with E-state index in [4.69, 9.17) is 5.26 Å². The fourth-order valence-electron chi connectivity index (χ4n) is 4.69. The van der Waals surface area contributed by atoms with Gasteiger partial charge in [-0.15, -0.1) is 0 Å². The highest BCUT2D eigenvalue weighted by Crippen LogP contribution is 2.50. The van der Waals surface area contributed by atoms with E-state index in [9.17, 15) is 48.1 Å². The SMILES string of the molecule is O=S(=O)([O-])C(F)(F)C(F)(F)OC(F)(F)C(F)(F)SOO[O-].c1ccc([S+](c2ccccc2)c2ccccc2)cc1.c1ccc([S+](c2ccccc2)c2ccccc2)cc1. The Hall–Kier alpha value is -4.44. The van der Waals surface area contributed by atoms with Crippen molar-refractivity contribution in [3.05, 3.63) is 182 Å². The maximum Gasteiger partial charge on any atom is 0.438 e. The first-order valence-electron chi connectivity index (χ1n) is 16.5. The zero-order valence-electron chi connectivity index (χ0n) is 29.8. The molecule has 312 valence electrons. The summed E-state index contributed by atoms with van der Waals surface area (Å²) in [6, 6.07) is 64.3. The van der Waals surface area contributed by atoms with E-state index in [1.54, 1.807) is 4.74 Å². The molecular formula is C40H30F8O7S4. The van der Waals surface area contributed by atoms with Crippen LogP contribution in [0.2, 0.25) is 0 Å². The Bertz CT molecular complexity index is 1930. The smallest absolute Gasteiger partial charge is 0.438 e. The third-order valence-corrected chi connectivity index (χ3v) is 13.2. The van der Waals surface area contributed by atoms with Crippen LogP contribution in [0.3, 0.4) is 0 Å². The summed E-state index contributed by atoms with van der Waals surface area (Å²) in [7, 11) is -7.27. The Morgan fingerprint density at radius 3 is 0.881 bits per heavy atom. The molecule has 0 radical (unpaired) electrons. The first-order valence-corrected chi connectivity index (χ1v) is 21.1. The molecule has 0 aliphatic rings. The minimum atomic E-state index is -7.24. The van der Waals surface area contributed by atoms with Crippen molar-refractivity contribution >= 4 is 44.0 Å². The van der Waals surface area contributed by atoms with Gasteiger partial charge in [-0.05, 0) is 72.8 Å². The van der Waals surface area contributed by atoms with Gasteiger partial charge < -0.3 is 9.81 Å². The van der Waals surface area contributed by atoms with Crippen molar-refractivity contribution in [3.63, 3.8) is 0 Å². The Morgan fingerprint density at radius 1 is 0.441 bits per heavy atom. The molecule has 0 saturated heterocycles. The molecule has 59 heavy (non-hydrogen) atoms. The van der Waals surface area contributed by atoms with Gasteiger partial charge in [0.25, 0.3) is 0 Å². The molecule has 0 N–H and O–H groups in total. The van der Waals surface area contributed by atoms with Crippen LogP contribution in [0.25, 0.3) is 0 Å². The number of hydrogen-bond acceptors (Lipinski definition) is 8. The number of ether oxygens (including phenoxy) is 1. The van der Waals surface area contributed by atoms with E-state index in [0.717, 1.165) is 0 Å². The maximum absolute atomic E-state index is 12.6. The molecule has 0 saturated carbocycles. The number of benzene rings is 6. The van der Waals surface area contributed by atoms with Gasteiger partial charge in [-0.25, -0.2) is 13.2 Å². The van der Waals surface area contributed by atoms with Crippen LogP contribution in [0.15, 0.2) is 211 Å². The molecule has 0 aliphatic carbocycles. The van der Waals surface area contributed by atoms with E-state index in [1.165, 1.54) is 29.4 Å². The van der Waals surface area contributed by atoms with Crippen molar-refractivity contribution in [3.8, 4) is 0 Å². The highest BCUT2D eigenvalue weighted by atomic mass is 32.2. The second kappa shape index (κ2) is 21.2. The normalized spacial score (nSPS) is 12.3. The first kappa shape index (κ1) is 47.2. The topological polar surface area (TPSA) is 108 Å². The predicted octanol–water partition coefficient (Wildman–Crippen LogP) is 10.4. The van der Waals surface area contributed by atoms with Crippen molar-refractivity contribution in [2.45, 2.75) is 52.1 Å². The molecule has 0 heterocycles. The van der Waals surface area contributed by atoms with E-state index in [0.29, 0.717) is 0 Å². The lowest BCUT2D eigenvalue weighted by Gasteiger charge is -2.32. The molecule has 0 aliphatic heterocycles. The highest BCUT2D eigenvalue weighted by molar-refractivity contribution is 7.97. The van der Waals surface area contributed by atoms with Gasteiger partial charge in [-0.3, -0.25) is 5.04 Å². The van der Waals surface area contributed by atoms with E-state index in [2.05, 4.69) is 191 Å². The number of alkyl halides is 8. The molecule has 19 heteroatoms. The molecule has 6 aromatic rings. The largest absolute Gasteiger partial charge is 0.743 e. The van der Waals surface area contributed by atoms with Crippen molar-refractivity contribution in [2.75, 3.05) is 0 Å². The molecule has 0 aromatic heterocycles. The minimum absolute atomic E-state index is 0.0146. The molecule has 0 atom stereocenters. The van der Waals surface area contributed by atoms with Crippen molar-refractivity contribution in [1.29, 1.82) is 0 Å². The number of halogens is 8. The number of rotatable bonds is 14. The van der Waals surface area contributed by atoms with Gasteiger partial charge in [-0.2, -0.15) is 39.5 Å². The lowest BCUT2D eigenvalue weighted by molar-refractivity contribution is -0.777. The molecule has 0 unspecified atom stereocenters. The summed E-state index contributed by atoms with van der Waals surface area (Å²) in [5.41, 5.74) is 0. The third kappa shape index (κ3) is 12.8. The molecule has 7 nitrogen and oxygen atoms in total. The fourth-order valence-corrected chi connectivity index (χ4v) is 9.48. The lowest BCUT2D eigenvalue weighted by Crippen LogP contribution is -2.55. The van der Waals surface area contributed by atoms with E-state index in [1.807, 2.05) is 0 Å². The zero-order chi connectivity index (χ0) is 43.2. The second-order valence-electron chi connectivity index (χ2n) is 11.3. The van der Waals surface area contributed by atoms with Crippen LogP contribution in [-0.4, -0.2) is 35.7 Å². The Morgan fingerprint density at radius 2 is 0.678 bits per heavy atom. The summed E-state index contributed by atoms with van der Waals surface area (Å²) in [6.45, 7) is 0. The van der Waals surface area contributed by atoms with E-state index in [-0.39, 0.29) is 21.8 Å². The summed E-state index contributed by atoms with van der Waals surface area (Å²) in [6.07, 6.45) is -13.3. The van der Waals surface area contributed by atoms with Crippen LogP contribution in [0.1, 0.15) is 0 Å². The summed E-state index contributed by atoms with van der Waals surface area (Å²) < 4.78 is 134. The van der Waals surface area contributed by atoms with E-state index < -0.39 is 44.9 Å². The first-order chi connectivity index (χ1) is 27.9. The zero-order valence-corrected chi connectivity index (χ0v) is 33.1. The Labute approximate surface area is 344 Å². The van der Waals surface area contributed by atoms with Gasteiger partial charge >= 0.3 is 22.7 Å². The van der Waals surface area contributed by atoms with Gasteiger partial charge in [0.2, 0.25) is 0 Å². The van der Waals surface area contributed by atoms with Gasteiger partial charge in [-0.1, -0.05) is 109 Å². The van der Waals surface area contributed by atoms with Gasteiger partial charge in [0.1, 0.15) is 12.0 Å². The van der Waals surface area contributed by atoms with E-state index >= 15 is 0 Å². The van der Waals surface area contributed by atoms with Gasteiger partial charge in [0, 0.05) is 0 Å². The van der Waals surface area contributed by atoms with Crippen molar-refractivity contribution < 1.29 is 67.5 Å². The lowest BCUT2D eigenvalue weighted by atomic mass is 10.4. The molecule has 0 bridgehead atoms. The monoisotopic (exact) mass is 902 g/mol. The summed E-state index contributed by atoms with van der Waals surface area (Å²) >= 11 is -1.90. The fraction of sp³-hybridized carbons (Fsp3) is 0.100. The van der Waals surface area contributed by atoms with Crippen LogP contribution >= 0.6 is 12.0 Å². The van der Waals surface area contributed by atoms with Gasteiger partial charge in [0.15, 0.2) is 39.5 Å². The molecular weight excluding hydrogens is 873 g/mol. The molecule has 0 fully saturated rings. The maximum atomic E-state index is 12.6. The molecule has 6 rings (SSSR count). The quantitative estimate of drug-likeness (QED) is 0.0266. The Balaban J connectivity index is 0.000000195. The average Bonchev–Trinajstić information content (AvgIpc) is 3.22. The molecule has 6 aromatic carbocycles. The van der Waals surface area contributed by atoms with Crippen LogP contribution < -0.4 is 5.26 Å².